The van der Waals surface area contributed by atoms with Crippen molar-refractivity contribution in [2.45, 2.75) is 19.4 Å². The molecule has 144 valence electrons. The Kier molecular flexibility index (Phi) is 4.20. The SMILES string of the molecule is CC1c2ccccc2Cn2cc3c(c21)C(=O)c1cccc(OC(=O)CI)c1C3=O. The molecule has 29 heavy (non-hydrogen) atoms. The smallest absolute Gasteiger partial charge is 0.321 e. The topological polar surface area (TPSA) is 65.4 Å². The van der Waals surface area contributed by atoms with E-state index in [4.69, 9.17) is 4.74 Å². The van der Waals surface area contributed by atoms with Crippen LogP contribution in [0.25, 0.3) is 0 Å². The maximum Gasteiger partial charge on any atom is 0.321 e. The molecule has 2 aromatic carbocycles. The van der Waals surface area contributed by atoms with Crippen molar-refractivity contribution in [2.75, 3.05) is 4.43 Å². The average Bonchev–Trinajstić information content (AvgIpc) is 3.12. The van der Waals surface area contributed by atoms with Crippen LogP contribution in [0.4, 0.5) is 0 Å². The van der Waals surface area contributed by atoms with Gasteiger partial charge in [0.2, 0.25) is 0 Å². The van der Waals surface area contributed by atoms with E-state index in [-0.39, 0.29) is 33.2 Å². The molecule has 1 aliphatic carbocycles. The van der Waals surface area contributed by atoms with Gasteiger partial charge >= 0.3 is 5.97 Å². The summed E-state index contributed by atoms with van der Waals surface area (Å²) in [5.74, 6) is -0.771. The van der Waals surface area contributed by atoms with Crippen LogP contribution in [0.15, 0.2) is 48.7 Å². The molecule has 0 amide bonds. The Morgan fingerprint density at radius 2 is 1.83 bits per heavy atom. The molecule has 1 aliphatic heterocycles. The van der Waals surface area contributed by atoms with E-state index >= 15 is 0 Å². The van der Waals surface area contributed by atoms with E-state index in [1.807, 2.05) is 39.3 Å². The molecule has 2 heterocycles. The van der Waals surface area contributed by atoms with Crippen LogP contribution < -0.4 is 4.74 Å². The minimum absolute atomic E-state index is 0.00188. The fourth-order valence-corrected chi connectivity index (χ4v) is 4.62. The zero-order chi connectivity index (χ0) is 20.3. The quantitative estimate of drug-likeness (QED) is 0.181. The number of ether oxygens (including phenoxy) is 1. The summed E-state index contributed by atoms with van der Waals surface area (Å²) in [5.41, 5.74) is 4.57. The van der Waals surface area contributed by atoms with Crippen molar-refractivity contribution in [1.82, 2.24) is 4.57 Å². The van der Waals surface area contributed by atoms with Crippen LogP contribution in [0.1, 0.15) is 61.5 Å². The summed E-state index contributed by atoms with van der Waals surface area (Å²) in [5, 5.41) is 0. The number of alkyl halides is 1. The summed E-state index contributed by atoms with van der Waals surface area (Å²) in [6.07, 6.45) is 1.78. The van der Waals surface area contributed by atoms with Gasteiger partial charge in [-0.05, 0) is 17.2 Å². The maximum atomic E-state index is 13.4. The Labute approximate surface area is 180 Å². The summed E-state index contributed by atoms with van der Waals surface area (Å²) in [6.45, 7) is 2.69. The van der Waals surface area contributed by atoms with Gasteiger partial charge in [-0.25, -0.2) is 0 Å². The number of benzene rings is 2. The first-order chi connectivity index (χ1) is 14.0. The summed E-state index contributed by atoms with van der Waals surface area (Å²) in [7, 11) is 0. The zero-order valence-electron chi connectivity index (χ0n) is 15.6. The standard InChI is InChI=1S/C23H16INO4/c1-12-14-6-3-2-5-13(14)10-25-11-16-20(21(12)25)22(27)15-7-4-8-17(19(15)23(16)28)29-18(26)9-24/h2-8,11-12H,9-10H2,1H3. The summed E-state index contributed by atoms with van der Waals surface area (Å²) >= 11 is 1.90. The number of hydrogen-bond donors (Lipinski definition) is 0. The second-order valence-electron chi connectivity index (χ2n) is 7.30. The van der Waals surface area contributed by atoms with E-state index in [2.05, 4.69) is 19.1 Å². The number of nitrogens with zero attached hydrogens (tertiary/aromatic N) is 1. The minimum atomic E-state index is -0.453. The lowest BCUT2D eigenvalue weighted by molar-refractivity contribution is -0.131. The van der Waals surface area contributed by atoms with Crippen LogP contribution in [0, 0.1) is 0 Å². The highest BCUT2D eigenvalue weighted by Crippen LogP contribution is 2.42. The van der Waals surface area contributed by atoms with Gasteiger partial charge in [-0.15, -0.1) is 0 Å². The van der Waals surface area contributed by atoms with E-state index in [0.29, 0.717) is 23.2 Å². The van der Waals surface area contributed by atoms with Crippen LogP contribution in [0.2, 0.25) is 0 Å². The van der Waals surface area contributed by atoms with E-state index < -0.39 is 5.97 Å². The number of esters is 1. The maximum absolute atomic E-state index is 13.4. The van der Waals surface area contributed by atoms with Crippen LogP contribution in [-0.4, -0.2) is 26.5 Å². The van der Waals surface area contributed by atoms with Gasteiger partial charge in [0.05, 0.1) is 21.1 Å². The summed E-state index contributed by atoms with van der Waals surface area (Å²) in [4.78, 5) is 38.6. The van der Waals surface area contributed by atoms with Crippen molar-refractivity contribution in [1.29, 1.82) is 0 Å². The minimum Gasteiger partial charge on any atom is -0.425 e. The normalized spacial score (nSPS) is 16.6. The lowest BCUT2D eigenvalue weighted by Gasteiger charge is -2.27. The Bertz CT molecular complexity index is 1220. The Balaban J connectivity index is 1.68. The Morgan fingerprint density at radius 3 is 2.62 bits per heavy atom. The molecule has 0 saturated heterocycles. The number of carbonyl (C=O) groups excluding carboxylic acids is 3. The van der Waals surface area contributed by atoms with Gasteiger partial charge in [0.1, 0.15) is 5.75 Å². The third-order valence-electron chi connectivity index (χ3n) is 5.69. The molecule has 0 bridgehead atoms. The number of aromatic nitrogens is 1. The third kappa shape index (κ3) is 2.62. The zero-order valence-corrected chi connectivity index (χ0v) is 17.7. The molecule has 0 fully saturated rings. The molecule has 3 aromatic rings. The van der Waals surface area contributed by atoms with E-state index in [1.165, 1.54) is 11.1 Å². The van der Waals surface area contributed by atoms with Crippen molar-refractivity contribution in [3.05, 3.63) is 87.7 Å². The second-order valence-corrected chi connectivity index (χ2v) is 8.06. The number of fused-ring (bicyclic) bond motifs is 5. The van der Waals surface area contributed by atoms with Crippen LogP contribution in [-0.2, 0) is 11.3 Å². The molecule has 1 aromatic heterocycles. The molecule has 0 saturated carbocycles. The van der Waals surface area contributed by atoms with E-state index in [1.54, 1.807) is 24.4 Å². The first-order valence-corrected chi connectivity index (χ1v) is 10.8. The number of rotatable bonds is 2. The van der Waals surface area contributed by atoms with Gasteiger partial charge in [0, 0.05) is 29.9 Å². The molecular weight excluding hydrogens is 481 g/mol. The van der Waals surface area contributed by atoms with Gasteiger partial charge in [-0.1, -0.05) is 65.9 Å². The van der Waals surface area contributed by atoms with Gasteiger partial charge in [0.25, 0.3) is 0 Å². The van der Waals surface area contributed by atoms with Crippen LogP contribution in [0.5, 0.6) is 5.75 Å². The van der Waals surface area contributed by atoms with Crippen molar-refractivity contribution in [3.63, 3.8) is 0 Å². The molecule has 2 aliphatic rings. The third-order valence-corrected chi connectivity index (χ3v) is 6.32. The molecule has 1 atom stereocenters. The molecule has 5 rings (SSSR count). The predicted molar refractivity (Wildman–Crippen MR) is 115 cm³/mol. The summed E-state index contributed by atoms with van der Waals surface area (Å²) in [6, 6.07) is 13.0. The predicted octanol–water partition coefficient (Wildman–Crippen LogP) is 4.12. The average molecular weight is 497 g/mol. The lowest BCUT2D eigenvalue weighted by Crippen LogP contribution is -2.24. The van der Waals surface area contributed by atoms with Gasteiger partial charge in [0.15, 0.2) is 11.6 Å². The molecule has 5 nitrogen and oxygen atoms in total. The second kappa shape index (κ2) is 6.66. The summed E-state index contributed by atoms with van der Waals surface area (Å²) < 4.78 is 7.51. The van der Waals surface area contributed by atoms with Gasteiger partial charge < -0.3 is 9.30 Å². The molecular formula is C23H16INO4. The van der Waals surface area contributed by atoms with Crippen molar-refractivity contribution < 1.29 is 19.1 Å². The Hall–Kier alpha value is -2.74. The number of ketones is 2. The molecule has 6 heteroatoms. The lowest BCUT2D eigenvalue weighted by atomic mass is 9.81. The number of halogens is 1. The highest BCUT2D eigenvalue weighted by Gasteiger charge is 2.39. The highest BCUT2D eigenvalue weighted by molar-refractivity contribution is 14.1. The monoisotopic (exact) mass is 497 g/mol. The Morgan fingerprint density at radius 1 is 1.07 bits per heavy atom. The van der Waals surface area contributed by atoms with Crippen molar-refractivity contribution in [2.24, 2.45) is 0 Å². The van der Waals surface area contributed by atoms with Crippen LogP contribution >= 0.6 is 22.6 Å². The fourth-order valence-electron chi connectivity index (χ4n) is 4.47. The molecule has 0 radical (unpaired) electrons. The van der Waals surface area contributed by atoms with Gasteiger partial charge in [-0.2, -0.15) is 0 Å². The first kappa shape index (κ1) is 18.3. The van der Waals surface area contributed by atoms with E-state index in [0.717, 1.165) is 5.69 Å². The molecule has 0 spiro atoms. The molecule has 1 unspecified atom stereocenters. The van der Waals surface area contributed by atoms with Gasteiger partial charge in [-0.3, -0.25) is 14.4 Å². The first-order valence-electron chi connectivity index (χ1n) is 9.31. The van der Waals surface area contributed by atoms with Crippen LogP contribution in [0.3, 0.4) is 0 Å². The number of carbonyl (C=O) groups is 3. The largest absolute Gasteiger partial charge is 0.425 e. The van der Waals surface area contributed by atoms with Crippen molar-refractivity contribution in [3.8, 4) is 5.75 Å². The highest BCUT2D eigenvalue weighted by atomic mass is 127. The fraction of sp³-hybridized carbons (Fsp3) is 0.174. The van der Waals surface area contributed by atoms with E-state index in [9.17, 15) is 14.4 Å². The number of hydrogen-bond acceptors (Lipinski definition) is 4. The van der Waals surface area contributed by atoms with Crippen molar-refractivity contribution >= 4 is 40.1 Å². The molecule has 0 N–H and O–H groups in total.